The predicted molar refractivity (Wildman–Crippen MR) is 437 cm³/mol. The van der Waals surface area contributed by atoms with Crippen LogP contribution in [0.1, 0.15) is 0 Å². The first-order valence-corrected chi connectivity index (χ1v) is 45.2. The average Bonchev–Trinajstić information content (AvgIpc) is 0.749. The zero-order chi connectivity index (χ0) is 89.3. The van der Waals surface area contributed by atoms with Crippen LogP contribution in [0.15, 0.2) is 283 Å². The van der Waals surface area contributed by atoms with E-state index in [0.717, 1.165) is 78.9 Å². The summed E-state index contributed by atoms with van der Waals surface area (Å²) < 4.78 is 209. The molecule has 0 saturated heterocycles. The van der Waals surface area contributed by atoms with E-state index >= 15 is 0 Å². The lowest BCUT2D eigenvalue weighted by atomic mass is 10.1. The average molecular weight is 1900 g/mol. The van der Waals surface area contributed by atoms with Crippen LogP contribution < -0.4 is 20.9 Å². The lowest BCUT2D eigenvalue weighted by molar-refractivity contribution is -0.434. The molecule has 0 spiro atoms. The molecule has 58 heteroatoms. The summed E-state index contributed by atoms with van der Waals surface area (Å²) >= 11 is 0.967. The Bertz CT molecular complexity index is 6750. The van der Waals surface area contributed by atoms with Gasteiger partial charge in [-0.3, -0.25) is 26.9 Å². The van der Waals surface area contributed by atoms with Crippen molar-refractivity contribution in [1.82, 2.24) is 0 Å². The molecule has 0 radical (unpaired) electrons. The van der Waals surface area contributed by atoms with Gasteiger partial charge in [0.05, 0.1) is 134 Å². The number of aromatic hydroxyl groups is 4. The number of nitrogens with two attached hydrogens (primary N) is 2. The molecule has 0 aromatic heterocycles. The first kappa shape index (κ1) is 93.1. The molecule has 124 heavy (non-hydrogen) atoms. The fourth-order valence-corrected chi connectivity index (χ4v) is 17.8. The monoisotopic (exact) mass is 1900 g/mol. The van der Waals surface area contributed by atoms with E-state index in [9.17, 15) is 80.0 Å². The summed E-state index contributed by atoms with van der Waals surface area (Å²) in [6.07, 6.45) is 0. The van der Waals surface area contributed by atoms with Gasteiger partial charge in [0.2, 0.25) is 0 Å². The summed E-state index contributed by atoms with van der Waals surface area (Å²) in [6, 6.07) is 35.8. The summed E-state index contributed by atoms with van der Waals surface area (Å²) in [6.45, 7) is -0.723. The molecule has 650 valence electrons. The van der Waals surface area contributed by atoms with Gasteiger partial charge >= 0.3 is 0 Å². The molecule has 0 aliphatic heterocycles. The smallest absolute Gasteiger partial charge is 0.296 e. The van der Waals surface area contributed by atoms with Crippen molar-refractivity contribution < 1.29 is 147 Å². The Morgan fingerprint density at radius 3 is 0.976 bits per heavy atom. The maximum Gasteiger partial charge on any atom is 0.296 e. The summed E-state index contributed by atoms with van der Waals surface area (Å²) in [5.41, 5.74) is 9.38. The molecule has 48 nitrogen and oxygen atoms in total. The molecular formula is C66H54N16O32S10. The molecule has 16 N–H and O–H groups in total. The number of hydrogen-bond acceptors (Lipinski definition) is 48. The highest BCUT2D eigenvalue weighted by Gasteiger charge is 2.30. The van der Waals surface area contributed by atoms with Crippen LogP contribution in [0.4, 0.5) is 91.0 Å². The first-order valence-electron chi connectivity index (χ1n) is 33.2. The Kier molecular flexibility index (Phi) is 30.6. The van der Waals surface area contributed by atoms with Gasteiger partial charge in [-0.2, -0.15) is 47.5 Å². The van der Waals surface area contributed by atoms with E-state index in [2.05, 4.69) is 108 Å². The van der Waals surface area contributed by atoms with E-state index in [0.29, 0.717) is 24.1 Å². The number of anilines is 4. The molecule has 0 atom stereocenters. The fourth-order valence-electron chi connectivity index (χ4n) is 10.5. The van der Waals surface area contributed by atoms with E-state index in [4.69, 9.17) is 40.9 Å². The number of benzene rings is 11. The summed E-state index contributed by atoms with van der Waals surface area (Å²) in [5, 5.41) is 140. The summed E-state index contributed by atoms with van der Waals surface area (Å²) in [7, 11) is -27.0. The van der Waals surface area contributed by atoms with Crippen molar-refractivity contribution in [1.29, 1.82) is 0 Å². The van der Waals surface area contributed by atoms with Gasteiger partial charge in [0.15, 0.2) is 67.3 Å². The van der Waals surface area contributed by atoms with Gasteiger partial charge in [-0.15, -0.1) is 48.0 Å². The number of sulfone groups is 2. The topological polar surface area (TPSA) is 724 Å². The van der Waals surface area contributed by atoms with Gasteiger partial charge in [-0.05, 0) is 193 Å². The van der Waals surface area contributed by atoms with Crippen LogP contribution in [0.5, 0.6) is 23.0 Å². The number of hydrogen-bond donors (Lipinski definition) is 14. The second-order valence-corrected chi connectivity index (χ2v) is 36.9. The maximum absolute atomic E-state index is 13.6. The number of fused-ring (bicyclic) bond motifs is 2. The summed E-state index contributed by atoms with van der Waals surface area (Å²) in [4.78, 5) is -3.14. The Balaban J connectivity index is 0.714. The molecule has 0 heterocycles. The number of nitrogens with zero attached hydrogens (tertiary/aromatic N) is 12. The minimum Gasteiger partial charge on any atom is -0.505 e. The van der Waals surface area contributed by atoms with Crippen LogP contribution >= 0.6 is 48.7 Å². The SMILES string of the molecule is Nc1c(N=Nc2ccc(S(=O)(=O)CCOSOOO)cc2)c(SOOO)cc2cc(S(=O)(=O)O)c(/N=N/c3ccc(S(=O)(=O)Nc4ccc(N=Nc5c(O)ccc(N=Nc6ccc(NS(=O)(=O)c7ccc(/N=N/c8c(S(=O)(=O)O)cc9cc(SOOO)c(/N=N/c%10ccc(S(=O)(=O)CCOSOOO)cc%10)c(N)c9c8O)cc7)cc6)c5O)cc4)cc3)c(O)c12. The third-order valence-electron chi connectivity index (χ3n) is 16.2. The lowest BCUT2D eigenvalue weighted by Gasteiger charge is -2.14. The van der Waals surface area contributed by atoms with Crippen molar-refractivity contribution in [2.45, 2.75) is 39.2 Å². The molecule has 0 bridgehead atoms. The van der Waals surface area contributed by atoms with Gasteiger partial charge in [0.1, 0.15) is 44.0 Å². The number of phenols is 4. The highest BCUT2D eigenvalue weighted by molar-refractivity contribution is 7.95. The molecule has 11 rings (SSSR count). The molecular weight excluding hydrogens is 1850 g/mol. The van der Waals surface area contributed by atoms with E-state index in [1.807, 2.05) is 0 Å². The molecule has 11 aromatic carbocycles. The molecule has 0 unspecified atom stereocenters. The number of nitrogens with one attached hydrogen (secondary N) is 2. The predicted octanol–water partition coefficient (Wildman–Crippen LogP) is 17.0. The minimum atomic E-state index is -5.23. The minimum absolute atomic E-state index is 0.0144. The Hall–Kier alpha value is -11.6. The van der Waals surface area contributed by atoms with Crippen molar-refractivity contribution in [3.63, 3.8) is 0 Å². The number of phenolic OH excluding ortho intramolecular Hbond substituents is 4. The van der Waals surface area contributed by atoms with Crippen molar-refractivity contribution in [2.24, 2.45) is 61.4 Å². The first-order chi connectivity index (χ1) is 59.0. The number of sulfonamides is 2. The molecule has 0 saturated carbocycles. The molecule has 11 aromatic rings. The fraction of sp³-hybridized carbons (Fsp3) is 0.0606. The zero-order valence-electron chi connectivity index (χ0n) is 61.2. The number of rotatable bonds is 40. The molecule has 0 aliphatic rings. The van der Waals surface area contributed by atoms with Gasteiger partial charge in [0, 0.05) is 11.4 Å². The van der Waals surface area contributed by atoms with E-state index in [-0.39, 0.29) is 151 Å². The van der Waals surface area contributed by atoms with Crippen LogP contribution in [0.25, 0.3) is 21.5 Å². The van der Waals surface area contributed by atoms with Gasteiger partial charge in [-0.1, -0.05) is 20.2 Å². The van der Waals surface area contributed by atoms with Gasteiger partial charge in [-0.25, -0.2) is 54.7 Å². The van der Waals surface area contributed by atoms with Crippen LogP contribution in [0, 0.1) is 0 Å². The Morgan fingerprint density at radius 1 is 0.339 bits per heavy atom. The van der Waals surface area contributed by atoms with Crippen molar-refractivity contribution in [3.05, 3.63) is 182 Å². The molecule has 0 amide bonds. The van der Waals surface area contributed by atoms with E-state index in [1.54, 1.807) is 0 Å². The second kappa shape index (κ2) is 40.8. The largest absolute Gasteiger partial charge is 0.505 e. The maximum atomic E-state index is 13.6. The zero-order valence-corrected chi connectivity index (χ0v) is 69.4. The van der Waals surface area contributed by atoms with E-state index in [1.165, 1.54) is 103 Å². The van der Waals surface area contributed by atoms with Crippen LogP contribution in [0.2, 0.25) is 0 Å². The van der Waals surface area contributed by atoms with E-state index < -0.39 is 133 Å². The normalized spacial score (nSPS) is 12.8. The second-order valence-electron chi connectivity index (χ2n) is 24.0. The van der Waals surface area contributed by atoms with Crippen molar-refractivity contribution in [2.75, 3.05) is 45.6 Å². The van der Waals surface area contributed by atoms with Crippen LogP contribution in [-0.2, 0) is 106 Å². The summed E-state index contributed by atoms with van der Waals surface area (Å²) in [5.74, 6) is -4.17. The molecule has 0 aliphatic carbocycles. The quantitative estimate of drug-likeness (QED) is 0.00323. The highest BCUT2D eigenvalue weighted by Crippen LogP contribution is 2.53. The Labute approximate surface area is 714 Å². The van der Waals surface area contributed by atoms with Crippen molar-refractivity contribution >= 4 is 221 Å². The third-order valence-corrected chi connectivity index (χ3v) is 26.1. The third kappa shape index (κ3) is 23.4. The highest BCUT2D eigenvalue weighted by atomic mass is 32.2. The van der Waals surface area contributed by atoms with Crippen LogP contribution in [0.3, 0.4) is 0 Å². The number of nitrogen functional groups attached to an aromatic ring is 2. The molecule has 0 fully saturated rings. The van der Waals surface area contributed by atoms with Crippen molar-refractivity contribution in [3.8, 4) is 23.0 Å². The van der Waals surface area contributed by atoms with Gasteiger partial charge < -0.3 is 31.9 Å². The lowest BCUT2D eigenvalue weighted by Crippen LogP contribution is -2.12. The van der Waals surface area contributed by atoms with Crippen LogP contribution in [-0.4, -0.2) is 126 Å². The number of azo groups is 6. The standard InChI is InChI=1S/C66H54N16O32S10/c67-57-55-35(31-51(115-111-107-87)60(57)77-71-39-9-17-45(18-10-39)119(91,92)29-27-105-117-113-109-89)33-53(123(99,100)101)62(65(55)85)79-73-41-13-21-47(22-14-41)121(95,96)81-43-5-1-37(2-6-43)69-75-49-25-26-50(83)59(64(49)84)76-70-38-3-7-44(8-4-38)82-122(97,98)48-23-15-42(16-24-48)74-80-63-54(124(102,103)104)34-36-32-52(116-112-108-88)61(58(68)56(36)66(63)86)78-72-40-11-19-46(20-12-40)120(93,94)30-28-106-118-114-110-90/h1-26,31-34,81-90H,27-30,67-68H2,(H,99,100,101)(H,102,103,104)/b75-69?,76-70?,77-71+,78-72?,79-73+,80-74+. The Morgan fingerprint density at radius 2 is 0.645 bits per heavy atom. The van der Waals surface area contributed by atoms with Gasteiger partial charge in [0.25, 0.3) is 40.3 Å².